The molecule has 0 saturated heterocycles. The van der Waals surface area contributed by atoms with E-state index in [2.05, 4.69) is 63.8 Å². The summed E-state index contributed by atoms with van der Waals surface area (Å²) in [7, 11) is 0. The Kier molecular flexibility index (Phi) is 24.3. The second-order valence-electron chi connectivity index (χ2n) is 23.9. The van der Waals surface area contributed by atoms with Crippen molar-refractivity contribution < 1.29 is 139 Å². The van der Waals surface area contributed by atoms with E-state index in [4.69, 9.17) is 20.6 Å². The predicted molar refractivity (Wildman–Crippen MR) is 267 cm³/mol. The third-order valence-corrected chi connectivity index (χ3v) is 21.1. The molecule has 3 N–H and O–H groups in total. The molecule has 10 rings (SSSR count). The minimum atomic E-state index is -0.483. The van der Waals surface area contributed by atoms with Crippen molar-refractivity contribution in [2.45, 2.75) is 190 Å². The van der Waals surface area contributed by atoms with E-state index in [0.29, 0.717) is 56.9 Å². The molecular weight excluding hydrogens is 1010 g/mol. The Labute approximate surface area is 520 Å². The average molecular weight is 1100 g/mol. The number of hydrogen-bond acceptors (Lipinski definition) is 11. The van der Waals surface area contributed by atoms with E-state index in [1.165, 1.54) is 64.2 Å². The molecule has 16 heteroatoms. The van der Waals surface area contributed by atoms with Gasteiger partial charge in [-0.05, 0) is 211 Å². The second kappa shape index (κ2) is 26.5. The smallest absolute Gasteiger partial charge is 1.00 e. The molecule has 13 nitrogen and oxygen atoms in total. The maximum absolute atomic E-state index is 13.3. The average Bonchev–Trinajstić information content (AvgIpc) is 4.13. The van der Waals surface area contributed by atoms with Crippen LogP contribution in [0.15, 0.2) is 24.5 Å². The number of nitrogens with zero attached hydrogens (tertiary/aromatic N) is 5. The fraction of sp³-hybridized carbons (Fsp3) is 0.800. The molecule has 71 heavy (non-hydrogen) atoms. The Morgan fingerprint density at radius 3 is 1.59 bits per heavy atom. The van der Waals surface area contributed by atoms with Crippen LogP contribution in [0.3, 0.4) is 0 Å². The van der Waals surface area contributed by atoms with Crippen molar-refractivity contribution in [2.24, 2.45) is 80.8 Å². The van der Waals surface area contributed by atoms with Crippen LogP contribution in [0.5, 0.6) is 0 Å². The summed E-state index contributed by atoms with van der Waals surface area (Å²) in [6, 6.07) is 7.23. The largest absolute Gasteiger partial charge is 1.00 e. The molecule has 8 fully saturated rings. The van der Waals surface area contributed by atoms with Crippen molar-refractivity contribution >= 4 is 34.0 Å². The minimum Gasteiger partial charge on any atom is -1.00 e. The Balaban J connectivity index is 0.000000390. The molecule has 0 amide bonds. The summed E-state index contributed by atoms with van der Waals surface area (Å²) >= 11 is 3.43. The van der Waals surface area contributed by atoms with Gasteiger partial charge in [0.1, 0.15) is 23.6 Å². The zero-order valence-electron chi connectivity index (χ0n) is 43.9. The van der Waals surface area contributed by atoms with Crippen molar-refractivity contribution in [3.8, 4) is 12.1 Å². The molecule has 2 heterocycles. The summed E-state index contributed by atoms with van der Waals surface area (Å²) in [6.07, 6.45) is 24.1. The fourth-order valence-electron chi connectivity index (χ4n) is 17.1. The van der Waals surface area contributed by atoms with E-state index in [1.807, 2.05) is 26.0 Å². The van der Waals surface area contributed by atoms with Gasteiger partial charge in [-0.15, -0.1) is 0 Å². The number of carbonyl (C=O) groups is 3. The standard InChI is InChI=1S/C26H37N3O2.C22H35BrO2.C4H3N3.CH2O3.2CH4.2K.H/c1-24(31)11-12-25(2)17(14-24)4-5-19-20-6-7-22(26(20,3)10-8-21(19)25)23(30)16-29-13-9-18(15-27)28-29;1-20(25)10-11-21(2)14(12-20)4-5-15-16-6-7-18(19(24)13-23)22(16,3)9-8-17(15)21;5-3-4-1-2-6-7-4;2-1-4-3;;;;;/h9,13,17,19-22,31H,4-8,10-12,14,16H2,1-3H3;14-18,25H,4-13H2,1-3H3;1-2H,(H,6,7);1,3H;2*1H4;;;/q;;;;;;2*+1;-1/p-1/t17-,19-,20-,21-,22+,24+,25-,26-;14-,15-,16-,17-,18+,20+,21-,22-;;;;;;;/m00......./s1. The van der Waals surface area contributed by atoms with Crippen LogP contribution in [0.4, 0.5) is 0 Å². The molecule has 0 bridgehead atoms. The molecule has 386 valence electrons. The number of nitriles is 2. The maximum atomic E-state index is 13.3. The van der Waals surface area contributed by atoms with Crippen LogP contribution in [0.2, 0.25) is 0 Å². The minimum absolute atomic E-state index is 0. The first kappa shape index (κ1) is 65.1. The van der Waals surface area contributed by atoms with Crippen LogP contribution in [0.1, 0.15) is 185 Å². The van der Waals surface area contributed by atoms with E-state index >= 15 is 0 Å². The molecule has 0 aromatic carbocycles. The summed E-state index contributed by atoms with van der Waals surface area (Å²) < 4.78 is 1.64. The Morgan fingerprint density at radius 1 is 0.746 bits per heavy atom. The topological polar surface area (TPSA) is 218 Å². The number of hydrogen-bond donors (Lipinski definition) is 3. The molecule has 8 aliphatic rings. The van der Waals surface area contributed by atoms with Gasteiger partial charge < -0.3 is 21.8 Å². The van der Waals surface area contributed by atoms with E-state index < -0.39 is 11.2 Å². The van der Waals surface area contributed by atoms with Crippen LogP contribution in [-0.2, 0) is 25.8 Å². The molecule has 0 radical (unpaired) electrons. The van der Waals surface area contributed by atoms with Crippen molar-refractivity contribution in [3.63, 3.8) is 0 Å². The summed E-state index contributed by atoms with van der Waals surface area (Å²) in [4.78, 5) is 37.1. The third kappa shape index (κ3) is 13.4. The molecular formula is C55H85BrK2N6O7. The van der Waals surface area contributed by atoms with Gasteiger partial charge in [-0.25, -0.2) is 0 Å². The Hall–Kier alpha value is -0.157. The van der Waals surface area contributed by atoms with Gasteiger partial charge in [0.2, 0.25) is 0 Å². The van der Waals surface area contributed by atoms with Gasteiger partial charge in [0.15, 0.2) is 11.5 Å². The summed E-state index contributed by atoms with van der Waals surface area (Å²) in [5, 5.41) is 57.6. The molecule has 16 atom stereocenters. The summed E-state index contributed by atoms with van der Waals surface area (Å²) in [5.41, 5.74) is 1.08. The zero-order valence-corrected chi connectivity index (χ0v) is 50.7. The number of carbonyl (C=O) groups excluding carboxylic acids is 3. The van der Waals surface area contributed by atoms with Crippen molar-refractivity contribution in [2.75, 3.05) is 5.33 Å². The molecule has 0 aliphatic heterocycles. The van der Waals surface area contributed by atoms with Gasteiger partial charge in [-0.3, -0.25) is 24.2 Å². The van der Waals surface area contributed by atoms with Gasteiger partial charge in [-0.1, -0.05) is 58.5 Å². The van der Waals surface area contributed by atoms with Crippen LogP contribution < -0.4 is 108 Å². The normalized spacial score (nSPS) is 40.8. The number of aromatic nitrogens is 4. The molecule has 8 saturated carbocycles. The quantitative estimate of drug-likeness (QED) is 0.123. The fourth-order valence-corrected chi connectivity index (χ4v) is 17.5. The monoisotopic (exact) mass is 1100 g/mol. The number of aliphatic hydroxyl groups is 2. The summed E-state index contributed by atoms with van der Waals surface area (Å²) in [5.74, 6) is 7.00. The number of aromatic amines is 1. The van der Waals surface area contributed by atoms with E-state index in [9.17, 15) is 19.8 Å². The van der Waals surface area contributed by atoms with Gasteiger partial charge in [0, 0.05) is 18.0 Å². The van der Waals surface area contributed by atoms with Gasteiger partial charge in [0.25, 0.3) is 6.47 Å². The number of nitrogens with one attached hydrogen (secondary N) is 1. The Morgan fingerprint density at radius 2 is 1.21 bits per heavy atom. The van der Waals surface area contributed by atoms with Gasteiger partial charge in [-0.2, -0.15) is 20.7 Å². The molecule has 0 unspecified atom stereocenters. The van der Waals surface area contributed by atoms with Crippen LogP contribution >= 0.6 is 15.9 Å². The van der Waals surface area contributed by atoms with Crippen molar-refractivity contribution in [3.05, 3.63) is 35.9 Å². The summed E-state index contributed by atoms with van der Waals surface area (Å²) in [6.45, 7) is 14.1. The molecule has 2 aromatic rings. The van der Waals surface area contributed by atoms with Gasteiger partial charge in [0.05, 0.1) is 29.3 Å². The molecule has 0 spiro atoms. The number of halogens is 1. The van der Waals surface area contributed by atoms with E-state index in [1.54, 1.807) is 29.2 Å². The number of H-pyrrole nitrogens is 1. The van der Waals surface area contributed by atoms with Crippen LogP contribution in [0, 0.1) is 104 Å². The first-order chi connectivity index (χ1) is 31.7. The first-order valence-corrected chi connectivity index (χ1v) is 26.5. The van der Waals surface area contributed by atoms with Crippen LogP contribution in [0.25, 0.3) is 0 Å². The number of rotatable bonds is 6. The van der Waals surface area contributed by atoms with E-state index in [0.717, 1.165) is 81.0 Å². The Bertz CT molecular complexity index is 2170. The van der Waals surface area contributed by atoms with E-state index in [-0.39, 0.29) is 155 Å². The SMILES string of the molecule is C.C.C[C@@]1(O)CC[C@@]2(C)[C@@H](CC[C@@H]3[C@@H]2CC[C@]2(C)[C@@H](C(=O)CBr)CC[C@@H]32)C1.C[C@@]1(O)CC[C@@]2(C)[C@@H](CC[C@@H]3[C@@H]2CC[C@]2(C)[C@@H](C(=O)Cn4ccc(C#N)n4)CC[C@@H]32)C1.N#Cc1ccn[nH]1.O=CO[O-].[H-].[K+].[K+]. The molecule has 8 aliphatic carbocycles. The number of ketones is 2. The van der Waals surface area contributed by atoms with Crippen molar-refractivity contribution in [1.82, 2.24) is 20.0 Å². The number of fused-ring (bicyclic) bond motifs is 10. The maximum Gasteiger partial charge on any atom is 1.00 e. The number of Topliss-reactive ketones (excluding diaryl/α,β-unsaturated/α-hetero) is 2. The molecule has 2 aromatic heterocycles. The first-order valence-electron chi connectivity index (χ1n) is 25.3. The second-order valence-corrected chi connectivity index (χ2v) is 24.5. The zero-order chi connectivity index (χ0) is 48.6. The van der Waals surface area contributed by atoms with Crippen molar-refractivity contribution in [1.29, 1.82) is 10.5 Å². The predicted octanol–water partition coefficient (Wildman–Crippen LogP) is 4.20. The van der Waals surface area contributed by atoms with Crippen LogP contribution in [-0.4, -0.2) is 64.8 Å². The number of alkyl halides is 1. The third-order valence-electron chi connectivity index (χ3n) is 20.5. The van der Waals surface area contributed by atoms with Gasteiger partial charge >= 0.3 is 103 Å².